The highest BCUT2D eigenvalue weighted by atomic mass is 19.4. The van der Waals surface area contributed by atoms with Crippen molar-refractivity contribution in [2.24, 2.45) is 0 Å². The maximum atomic E-state index is 12.5. The van der Waals surface area contributed by atoms with Crippen LogP contribution in [0.2, 0.25) is 0 Å². The molecular weight excluding hydrogens is 347 g/mol. The van der Waals surface area contributed by atoms with Crippen molar-refractivity contribution in [3.8, 4) is 0 Å². The summed E-state index contributed by atoms with van der Waals surface area (Å²) in [6.45, 7) is 0.429. The maximum absolute atomic E-state index is 12.5. The van der Waals surface area contributed by atoms with Gasteiger partial charge in [0.15, 0.2) is 0 Å². The van der Waals surface area contributed by atoms with Gasteiger partial charge >= 0.3 is 12.1 Å². The van der Waals surface area contributed by atoms with Crippen LogP contribution in [0, 0.1) is 0 Å². The molecule has 0 aliphatic rings. The summed E-state index contributed by atoms with van der Waals surface area (Å²) in [5, 5.41) is 4.00. The molecule has 3 aromatic rings. The number of aromatic nitrogens is 3. The molecule has 5 nitrogen and oxygen atoms in total. The van der Waals surface area contributed by atoms with E-state index in [1.54, 1.807) is 35.3 Å². The van der Waals surface area contributed by atoms with Gasteiger partial charge in [-0.2, -0.15) is 18.3 Å². The largest absolute Gasteiger partial charge is 0.457 e. The van der Waals surface area contributed by atoms with Gasteiger partial charge < -0.3 is 4.74 Å². The fraction of sp³-hybridized carbons (Fsp3) is 0.167. The Morgan fingerprint density at radius 3 is 2.23 bits per heavy atom. The van der Waals surface area contributed by atoms with E-state index in [1.807, 2.05) is 0 Å². The number of hydrogen-bond donors (Lipinski definition) is 0. The Bertz CT molecular complexity index is 858. The monoisotopic (exact) mass is 361 g/mol. The van der Waals surface area contributed by atoms with E-state index < -0.39 is 17.7 Å². The first-order valence-corrected chi connectivity index (χ1v) is 7.66. The summed E-state index contributed by atoms with van der Waals surface area (Å²) in [6.07, 6.45) is -1.36. The molecule has 26 heavy (non-hydrogen) atoms. The van der Waals surface area contributed by atoms with Crippen LogP contribution < -0.4 is 0 Å². The lowest BCUT2D eigenvalue weighted by atomic mass is 10.1. The summed E-state index contributed by atoms with van der Waals surface area (Å²) in [5.74, 6) is -0.544. The number of rotatable bonds is 5. The van der Waals surface area contributed by atoms with Gasteiger partial charge in [-0.15, -0.1) is 0 Å². The van der Waals surface area contributed by atoms with Crippen LogP contribution in [0.15, 0.2) is 61.2 Å². The lowest BCUT2D eigenvalue weighted by Gasteiger charge is -2.09. The normalized spacial score (nSPS) is 11.3. The number of alkyl halides is 3. The maximum Gasteiger partial charge on any atom is 0.416 e. The zero-order chi connectivity index (χ0) is 18.6. The molecule has 0 spiro atoms. The zero-order valence-electron chi connectivity index (χ0n) is 13.5. The number of carbonyl (C=O) groups excluding carboxylic acids is 1. The summed E-state index contributed by atoms with van der Waals surface area (Å²) < 4.78 is 44.3. The third kappa shape index (κ3) is 4.47. The topological polar surface area (TPSA) is 57.0 Å². The molecule has 0 saturated heterocycles. The van der Waals surface area contributed by atoms with Crippen molar-refractivity contribution < 1.29 is 22.7 Å². The standard InChI is InChI=1S/C18H14F3N3O2/c19-18(20,21)16-7-3-14(4-8-16)10-26-17(25)15-5-1-13(2-6-15)9-24-12-22-11-23-24/h1-8,11-12H,9-10H2. The van der Waals surface area contributed by atoms with Crippen molar-refractivity contribution in [3.63, 3.8) is 0 Å². The number of ether oxygens (including phenoxy) is 1. The Hall–Kier alpha value is -3.16. The average Bonchev–Trinajstić information content (AvgIpc) is 3.13. The molecule has 0 aliphatic carbocycles. The predicted molar refractivity (Wildman–Crippen MR) is 86.1 cm³/mol. The second-order valence-corrected chi connectivity index (χ2v) is 5.56. The quantitative estimate of drug-likeness (QED) is 0.650. The molecule has 0 unspecified atom stereocenters. The van der Waals surface area contributed by atoms with Crippen LogP contribution in [0.25, 0.3) is 0 Å². The van der Waals surface area contributed by atoms with E-state index in [-0.39, 0.29) is 6.61 Å². The number of nitrogens with zero attached hydrogens (tertiary/aromatic N) is 3. The number of benzene rings is 2. The third-order valence-corrected chi connectivity index (χ3v) is 3.65. The Morgan fingerprint density at radius 1 is 1.00 bits per heavy atom. The SMILES string of the molecule is O=C(OCc1ccc(C(F)(F)F)cc1)c1ccc(Cn2cncn2)cc1. The molecule has 1 heterocycles. The van der Waals surface area contributed by atoms with Crippen molar-refractivity contribution in [1.29, 1.82) is 0 Å². The van der Waals surface area contributed by atoms with Gasteiger partial charge in [-0.05, 0) is 35.4 Å². The molecule has 8 heteroatoms. The highest BCUT2D eigenvalue weighted by molar-refractivity contribution is 5.89. The van der Waals surface area contributed by atoms with E-state index in [2.05, 4.69) is 10.1 Å². The van der Waals surface area contributed by atoms with Gasteiger partial charge in [0, 0.05) is 0 Å². The van der Waals surface area contributed by atoms with Gasteiger partial charge in [-0.3, -0.25) is 0 Å². The third-order valence-electron chi connectivity index (χ3n) is 3.65. The second kappa shape index (κ2) is 7.38. The van der Waals surface area contributed by atoms with Crippen LogP contribution in [0.3, 0.4) is 0 Å². The van der Waals surface area contributed by atoms with Crippen molar-refractivity contribution >= 4 is 5.97 Å². The average molecular weight is 361 g/mol. The Kier molecular flexibility index (Phi) is 5.01. The van der Waals surface area contributed by atoms with Gasteiger partial charge in [0.1, 0.15) is 19.3 Å². The second-order valence-electron chi connectivity index (χ2n) is 5.56. The number of hydrogen-bond acceptors (Lipinski definition) is 4. The molecule has 0 radical (unpaired) electrons. The lowest BCUT2D eigenvalue weighted by Crippen LogP contribution is -2.07. The minimum atomic E-state index is -4.39. The van der Waals surface area contributed by atoms with Crippen LogP contribution in [0.4, 0.5) is 13.2 Å². The number of carbonyl (C=O) groups is 1. The molecule has 0 saturated carbocycles. The summed E-state index contributed by atoms with van der Waals surface area (Å²) in [7, 11) is 0. The molecule has 0 N–H and O–H groups in total. The van der Waals surface area contributed by atoms with Crippen LogP contribution in [-0.2, 0) is 24.1 Å². The van der Waals surface area contributed by atoms with Crippen molar-refractivity contribution in [2.45, 2.75) is 19.3 Å². The fourth-order valence-electron chi connectivity index (χ4n) is 2.27. The summed E-state index contributed by atoms with van der Waals surface area (Å²) in [6, 6.07) is 11.3. The van der Waals surface area contributed by atoms with Crippen molar-refractivity contribution in [2.75, 3.05) is 0 Å². The summed E-state index contributed by atoms with van der Waals surface area (Å²) in [4.78, 5) is 15.9. The van der Waals surface area contributed by atoms with E-state index in [0.717, 1.165) is 17.7 Å². The van der Waals surface area contributed by atoms with Crippen LogP contribution in [0.1, 0.15) is 27.0 Å². The summed E-state index contributed by atoms with van der Waals surface area (Å²) >= 11 is 0. The Morgan fingerprint density at radius 2 is 1.65 bits per heavy atom. The number of esters is 1. The molecule has 2 aromatic carbocycles. The molecule has 3 rings (SSSR count). The lowest BCUT2D eigenvalue weighted by molar-refractivity contribution is -0.137. The Labute approximate surface area is 147 Å². The smallest absolute Gasteiger partial charge is 0.416 e. The van der Waals surface area contributed by atoms with E-state index in [0.29, 0.717) is 17.7 Å². The van der Waals surface area contributed by atoms with E-state index in [1.165, 1.54) is 18.5 Å². The van der Waals surface area contributed by atoms with E-state index in [9.17, 15) is 18.0 Å². The predicted octanol–water partition coefficient (Wildman–Crippen LogP) is 3.70. The molecule has 0 bridgehead atoms. The molecule has 0 aliphatic heterocycles. The van der Waals surface area contributed by atoms with Crippen LogP contribution >= 0.6 is 0 Å². The first-order valence-electron chi connectivity index (χ1n) is 7.66. The van der Waals surface area contributed by atoms with Gasteiger partial charge in [-0.25, -0.2) is 14.5 Å². The van der Waals surface area contributed by atoms with Gasteiger partial charge in [0.25, 0.3) is 0 Å². The molecular formula is C18H14F3N3O2. The van der Waals surface area contributed by atoms with Gasteiger partial charge in [0.05, 0.1) is 17.7 Å². The number of halogens is 3. The molecule has 134 valence electrons. The summed E-state index contributed by atoms with van der Waals surface area (Å²) in [5.41, 5.74) is 1.04. The minimum Gasteiger partial charge on any atom is -0.457 e. The highest BCUT2D eigenvalue weighted by Gasteiger charge is 2.29. The van der Waals surface area contributed by atoms with E-state index >= 15 is 0 Å². The molecule has 1 aromatic heterocycles. The van der Waals surface area contributed by atoms with Gasteiger partial charge in [0.2, 0.25) is 0 Å². The Balaban J connectivity index is 1.56. The highest BCUT2D eigenvalue weighted by Crippen LogP contribution is 2.29. The zero-order valence-corrected chi connectivity index (χ0v) is 13.5. The van der Waals surface area contributed by atoms with Crippen molar-refractivity contribution in [3.05, 3.63) is 83.4 Å². The van der Waals surface area contributed by atoms with Crippen molar-refractivity contribution in [1.82, 2.24) is 14.8 Å². The fourth-order valence-corrected chi connectivity index (χ4v) is 2.27. The van der Waals surface area contributed by atoms with Crippen LogP contribution in [0.5, 0.6) is 0 Å². The molecule has 0 atom stereocenters. The first kappa shape index (κ1) is 17.7. The molecule has 0 fully saturated rings. The van der Waals surface area contributed by atoms with Gasteiger partial charge in [-0.1, -0.05) is 24.3 Å². The first-order chi connectivity index (χ1) is 12.4. The van der Waals surface area contributed by atoms with Crippen LogP contribution in [-0.4, -0.2) is 20.7 Å². The molecule has 0 amide bonds. The van der Waals surface area contributed by atoms with E-state index in [4.69, 9.17) is 4.74 Å². The minimum absolute atomic E-state index is 0.0995.